The number of aromatic nitrogens is 2. The van der Waals surface area contributed by atoms with Gasteiger partial charge in [-0.1, -0.05) is 34.6 Å². The van der Waals surface area contributed by atoms with Gasteiger partial charge in [0.25, 0.3) is 0 Å². The van der Waals surface area contributed by atoms with E-state index in [4.69, 9.17) is 0 Å². The van der Waals surface area contributed by atoms with Crippen LogP contribution in [-0.2, 0) is 0 Å². The molecule has 4 heteroatoms. The molecule has 2 heterocycles. The predicted octanol–water partition coefficient (Wildman–Crippen LogP) is 3.03. The molecule has 0 spiro atoms. The van der Waals surface area contributed by atoms with Crippen LogP contribution in [0, 0.1) is 0 Å². The van der Waals surface area contributed by atoms with E-state index >= 15 is 0 Å². The average molecular weight is 265 g/mol. The Hall–Kier alpha value is -1.39. The Morgan fingerprint density at radius 1 is 1.26 bits per heavy atom. The number of nitrogens with one attached hydrogen (secondary N) is 1. The number of nitrogens with zero attached hydrogens (tertiary/aromatic N) is 2. The van der Waals surface area contributed by atoms with Gasteiger partial charge in [0.15, 0.2) is 0 Å². The maximum atomic E-state index is 9.85. The number of fused-ring (bicyclic) bond motifs is 1. The summed E-state index contributed by atoms with van der Waals surface area (Å²) in [6.45, 7) is 11.5. The molecule has 0 aromatic carbocycles. The van der Waals surface area contributed by atoms with Crippen LogP contribution in [-0.4, -0.2) is 27.6 Å². The van der Waals surface area contributed by atoms with E-state index in [1.165, 1.54) is 0 Å². The minimum atomic E-state index is -0.466. The first-order chi connectivity index (χ1) is 9.31. The molecule has 0 bridgehead atoms. The number of hydrogen-bond donors (Lipinski definition) is 2. The maximum absolute atomic E-state index is 9.85. The summed E-state index contributed by atoms with van der Waals surface area (Å²) >= 11 is 0. The summed E-state index contributed by atoms with van der Waals surface area (Å²) in [7, 11) is 0. The molecule has 2 aromatic heterocycles. The van der Waals surface area contributed by atoms with Crippen molar-refractivity contribution in [1.29, 1.82) is 0 Å². The molecule has 0 saturated carbocycles. The van der Waals surface area contributed by atoms with Crippen LogP contribution in [0.2, 0.25) is 0 Å². The summed E-state index contributed by atoms with van der Waals surface area (Å²) in [6.07, 6.45) is 5.07. The molecule has 0 aliphatic rings. The van der Waals surface area contributed by atoms with Crippen LogP contribution in [0.15, 0.2) is 30.7 Å². The van der Waals surface area contributed by atoms with Crippen molar-refractivity contribution in [3.8, 4) is 0 Å². The third-order valence-electron chi connectivity index (χ3n) is 2.39. The van der Waals surface area contributed by atoms with Crippen molar-refractivity contribution in [3.05, 3.63) is 36.3 Å². The van der Waals surface area contributed by atoms with Gasteiger partial charge in [-0.15, -0.1) is 0 Å². The summed E-state index contributed by atoms with van der Waals surface area (Å²) < 4.78 is 1.92. The van der Waals surface area contributed by atoms with Crippen molar-refractivity contribution in [2.24, 2.45) is 0 Å². The second-order valence-electron chi connectivity index (χ2n) is 3.48. The topological polar surface area (TPSA) is 49.6 Å². The van der Waals surface area contributed by atoms with Crippen molar-refractivity contribution >= 4 is 5.65 Å². The summed E-state index contributed by atoms with van der Waals surface area (Å²) in [5, 5.41) is 13.0. The zero-order valence-corrected chi connectivity index (χ0v) is 12.7. The van der Waals surface area contributed by atoms with Gasteiger partial charge in [0.1, 0.15) is 5.65 Å². The van der Waals surface area contributed by atoms with Crippen molar-refractivity contribution in [3.63, 3.8) is 0 Å². The van der Waals surface area contributed by atoms with E-state index in [0.717, 1.165) is 17.8 Å². The van der Waals surface area contributed by atoms with E-state index in [2.05, 4.69) is 10.3 Å². The lowest BCUT2D eigenvalue weighted by Gasteiger charge is -2.11. The molecule has 0 aliphatic carbocycles. The van der Waals surface area contributed by atoms with E-state index in [9.17, 15) is 5.11 Å². The monoisotopic (exact) mass is 265 g/mol. The molecular weight excluding hydrogens is 238 g/mol. The SMILES string of the molecule is CC.CC.CCNCC(O)c1ccn2ccnc2c1. The minimum Gasteiger partial charge on any atom is -0.387 e. The average Bonchev–Trinajstić information content (AvgIpc) is 2.96. The zero-order chi connectivity index (χ0) is 14.7. The fourth-order valence-corrected chi connectivity index (χ4v) is 1.53. The lowest BCUT2D eigenvalue weighted by Crippen LogP contribution is -2.20. The van der Waals surface area contributed by atoms with Crippen LogP contribution in [0.5, 0.6) is 0 Å². The Kier molecular flexibility index (Phi) is 9.75. The van der Waals surface area contributed by atoms with Crippen LogP contribution in [0.3, 0.4) is 0 Å². The van der Waals surface area contributed by atoms with Crippen molar-refractivity contribution in [2.75, 3.05) is 13.1 Å². The molecule has 0 radical (unpaired) electrons. The first-order valence-corrected chi connectivity index (χ1v) is 7.12. The molecule has 108 valence electrons. The molecule has 2 aromatic rings. The molecule has 2 N–H and O–H groups in total. The maximum Gasteiger partial charge on any atom is 0.136 e. The van der Waals surface area contributed by atoms with Crippen LogP contribution < -0.4 is 5.32 Å². The highest BCUT2D eigenvalue weighted by atomic mass is 16.3. The summed E-state index contributed by atoms with van der Waals surface area (Å²) in [5.41, 5.74) is 1.76. The van der Waals surface area contributed by atoms with Crippen LogP contribution in [0.1, 0.15) is 46.3 Å². The summed E-state index contributed by atoms with van der Waals surface area (Å²) in [6, 6.07) is 3.82. The van der Waals surface area contributed by atoms with Gasteiger partial charge in [-0.25, -0.2) is 4.98 Å². The third kappa shape index (κ3) is 5.41. The quantitative estimate of drug-likeness (QED) is 0.893. The number of hydrogen-bond acceptors (Lipinski definition) is 3. The molecule has 19 heavy (non-hydrogen) atoms. The Morgan fingerprint density at radius 3 is 2.58 bits per heavy atom. The van der Waals surface area contributed by atoms with Crippen molar-refractivity contribution in [2.45, 2.75) is 40.7 Å². The molecule has 0 saturated heterocycles. The molecular formula is C15H27N3O. The number of imidazole rings is 1. The van der Waals surface area contributed by atoms with Crippen molar-refractivity contribution in [1.82, 2.24) is 14.7 Å². The van der Waals surface area contributed by atoms with Gasteiger partial charge in [0.05, 0.1) is 6.10 Å². The standard InChI is InChI=1S/C11H15N3O.2C2H6/c1-2-12-8-10(15)9-3-5-14-6-4-13-11(14)7-9;2*1-2/h3-7,10,12,15H,2,8H2,1H3;2*1-2H3. The smallest absolute Gasteiger partial charge is 0.136 e. The van der Waals surface area contributed by atoms with Crippen LogP contribution >= 0.6 is 0 Å². The molecule has 2 rings (SSSR count). The van der Waals surface area contributed by atoms with Gasteiger partial charge in [-0.3, -0.25) is 0 Å². The van der Waals surface area contributed by atoms with Gasteiger partial charge in [-0.2, -0.15) is 0 Å². The van der Waals surface area contributed by atoms with E-state index in [1.807, 2.05) is 63.5 Å². The van der Waals surface area contributed by atoms with Gasteiger partial charge in [-0.05, 0) is 24.2 Å². The highest BCUT2D eigenvalue weighted by molar-refractivity contribution is 5.41. The van der Waals surface area contributed by atoms with E-state index in [0.29, 0.717) is 6.54 Å². The first kappa shape index (κ1) is 17.6. The van der Waals surface area contributed by atoms with Crippen molar-refractivity contribution < 1.29 is 5.11 Å². The number of aliphatic hydroxyl groups is 1. The zero-order valence-electron chi connectivity index (χ0n) is 12.7. The lowest BCUT2D eigenvalue weighted by atomic mass is 10.1. The number of aliphatic hydroxyl groups excluding tert-OH is 1. The second kappa shape index (κ2) is 10.5. The minimum absolute atomic E-state index is 0.466. The number of rotatable bonds is 4. The Morgan fingerprint density at radius 2 is 1.95 bits per heavy atom. The van der Waals surface area contributed by atoms with Gasteiger partial charge in [0, 0.05) is 25.1 Å². The summed E-state index contributed by atoms with van der Waals surface area (Å²) in [5.74, 6) is 0. The second-order valence-corrected chi connectivity index (χ2v) is 3.48. The third-order valence-corrected chi connectivity index (χ3v) is 2.39. The van der Waals surface area contributed by atoms with Crippen LogP contribution in [0.4, 0.5) is 0 Å². The first-order valence-electron chi connectivity index (χ1n) is 7.12. The highest BCUT2D eigenvalue weighted by Gasteiger charge is 2.07. The lowest BCUT2D eigenvalue weighted by molar-refractivity contribution is 0.175. The fourth-order valence-electron chi connectivity index (χ4n) is 1.53. The van der Waals surface area contributed by atoms with Crippen LogP contribution in [0.25, 0.3) is 5.65 Å². The normalized spacial score (nSPS) is 11.1. The Balaban J connectivity index is 0.000000741. The van der Waals surface area contributed by atoms with Gasteiger partial charge < -0.3 is 14.8 Å². The largest absolute Gasteiger partial charge is 0.387 e. The molecule has 4 nitrogen and oxygen atoms in total. The van der Waals surface area contributed by atoms with E-state index in [1.54, 1.807) is 6.20 Å². The molecule has 0 aliphatic heterocycles. The fraction of sp³-hybridized carbons (Fsp3) is 0.533. The molecule has 1 atom stereocenters. The predicted molar refractivity (Wildman–Crippen MR) is 81.4 cm³/mol. The van der Waals surface area contributed by atoms with Gasteiger partial charge in [0.2, 0.25) is 0 Å². The van der Waals surface area contributed by atoms with Gasteiger partial charge >= 0.3 is 0 Å². The Bertz CT molecular complexity index is 440. The van der Waals surface area contributed by atoms with E-state index < -0.39 is 6.10 Å². The Labute approximate surface area is 116 Å². The molecule has 0 fully saturated rings. The number of likely N-dealkylation sites (N-methyl/N-ethyl adjacent to an activating group) is 1. The van der Waals surface area contributed by atoms with E-state index in [-0.39, 0.29) is 0 Å². The summed E-state index contributed by atoms with van der Waals surface area (Å²) in [4.78, 5) is 4.17. The molecule has 1 unspecified atom stereocenters. The molecule has 0 amide bonds. The number of pyridine rings is 1. The highest BCUT2D eigenvalue weighted by Crippen LogP contribution is 2.13.